The molecule has 0 aliphatic rings. The highest BCUT2D eigenvalue weighted by Gasteiger charge is 2.10. The van der Waals surface area contributed by atoms with Crippen LogP contribution in [0.5, 0.6) is 0 Å². The summed E-state index contributed by atoms with van der Waals surface area (Å²) in [6.45, 7) is 0. The van der Waals surface area contributed by atoms with Gasteiger partial charge in [-0.25, -0.2) is 15.0 Å². The van der Waals surface area contributed by atoms with E-state index in [0.29, 0.717) is 26.8 Å². The quantitative estimate of drug-likeness (QED) is 0.476. The lowest BCUT2D eigenvalue weighted by Gasteiger charge is -2.02. The van der Waals surface area contributed by atoms with Crippen molar-refractivity contribution in [3.05, 3.63) is 63.3 Å². The van der Waals surface area contributed by atoms with Crippen LogP contribution in [0.25, 0.3) is 0 Å². The smallest absolute Gasteiger partial charge is 0.236 e. The molecule has 1 N–H and O–H groups in total. The van der Waals surface area contributed by atoms with E-state index in [4.69, 9.17) is 23.2 Å². The van der Waals surface area contributed by atoms with Crippen molar-refractivity contribution in [1.82, 2.24) is 15.0 Å². The molecular weight excluding hydrogens is 399 g/mol. The van der Waals surface area contributed by atoms with Crippen LogP contribution in [0.4, 0.5) is 5.13 Å². The van der Waals surface area contributed by atoms with Gasteiger partial charge in [0.05, 0.1) is 5.75 Å². The molecule has 0 bridgehead atoms. The predicted molar refractivity (Wildman–Crippen MR) is 103 cm³/mol. The number of carbonyl (C=O) groups is 1. The molecule has 2 heterocycles. The lowest BCUT2D eigenvalue weighted by Crippen LogP contribution is -2.13. The van der Waals surface area contributed by atoms with Gasteiger partial charge >= 0.3 is 0 Å². The standard InChI is InChI=1S/C16H12Cl2N4OS2/c17-11-3-2-10(13(18)7-11)6-12-8-21-16(25-12)22-14(23)9-24-15-19-4-1-5-20-15/h1-5,7-8H,6,9H2,(H,21,22,23). The summed E-state index contributed by atoms with van der Waals surface area (Å²) in [5.41, 5.74) is 0.962. The Balaban J connectivity index is 1.55. The number of hydrogen-bond acceptors (Lipinski definition) is 6. The van der Waals surface area contributed by atoms with Crippen LogP contribution in [0.2, 0.25) is 10.0 Å². The Kier molecular flexibility index (Phi) is 6.25. The number of carbonyl (C=O) groups excluding carboxylic acids is 1. The van der Waals surface area contributed by atoms with Crippen molar-refractivity contribution in [2.24, 2.45) is 0 Å². The van der Waals surface area contributed by atoms with Gasteiger partial charge in [-0.15, -0.1) is 11.3 Å². The fraction of sp³-hybridized carbons (Fsp3) is 0.125. The molecule has 9 heteroatoms. The van der Waals surface area contributed by atoms with Crippen LogP contribution in [-0.2, 0) is 11.2 Å². The largest absolute Gasteiger partial charge is 0.301 e. The Hall–Kier alpha value is -1.67. The molecule has 128 valence electrons. The SMILES string of the molecule is O=C(CSc1ncccn1)Nc1ncc(Cc2ccc(Cl)cc2Cl)s1. The summed E-state index contributed by atoms with van der Waals surface area (Å²) in [7, 11) is 0. The third kappa shape index (κ3) is 5.40. The Morgan fingerprint density at radius 1 is 1.20 bits per heavy atom. The molecule has 1 amide bonds. The molecular formula is C16H12Cl2N4OS2. The number of amides is 1. The molecule has 0 atom stereocenters. The van der Waals surface area contributed by atoms with Crippen molar-refractivity contribution in [3.8, 4) is 0 Å². The molecule has 3 rings (SSSR count). The first kappa shape index (κ1) is 18.1. The summed E-state index contributed by atoms with van der Waals surface area (Å²) in [5.74, 6) is 0.0740. The number of benzene rings is 1. The van der Waals surface area contributed by atoms with E-state index < -0.39 is 0 Å². The third-order valence-electron chi connectivity index (χ3n) is 3.05. The minimum absolute atomic E-state index is 0.150. The molecule has 0 unspecified atom stereocenters. The highest BCUT2D eigenvalue weighted by atomic mass is 35.5. The predicted octanol–water partition coefficient (Wildman–Crippen LogP) is 4.56. The zero-order valence-corrected chi connectivity index (χ0v) is 15.9. The number of hydrogen-bond donors (Lipinski definition) is 1. The average Bonchev–Trinajstić information content (AvgIpc) is 3.03. The summed E-state index contributed by atoms with van der Waals surface area (Å²) in [6, 6.07) is 7.13. The van der Waals surface area contributed by atoms with Gasteiger partial charge < -0.3 is 5.32 Å². The summed E-state index contributed by atoms with van der Waals surface area (Å²) in [5, 5.41) is 5.12. The second-order valence-electron chi connectivity index (χ2n) is 4.91. The van der Waals surface area contributed by atoms with E-state index in [9.17, 15) is 4.79 Å². The molecule has 0 radical (unpaired) electrons. The van der Waals surface area contributed by atoms with E-state index >= 15 is 0 Å². The highest BCUT2D eigenvalue weighted by Crippen LogP contribution is 2.27. The summed E-state index contributed by atoms with van der Waals surface area (Å²) in [4.78, 5) is 25.3. The van der Waals surface area contributed by atoms with Crippen LogP contribution in [0.3, 0.4) is 0 Å². The summed E-state index contributed by atoms with van der Waals surface area (Å²) < 4.78 is 0. The summed E-state index contributed by atoms with van der Waals surface area (Å²) >= 11 is 14.8. The Morgan fingerprint density at radius 3 is 2.76 bits per heavy atom. The minimum atomic E-state index is -0.150. The van der Waals surface area contributed by atoms with Gasteiger partial charge in [0.1, 0.15) is 0 Å². The van der Waals surface area contributed by atoms with Gasteiger partial charge in [0, 0.05) is 39.9 Å². The normalized spacial score (nSPS) is 10.6. The van der Waals surface area contributed by atoms with Gasteiger partial charge in [-0.3, -0.25) is 4.79 Å². The van der Waals surface area contributed by atoms with E-state index in [1.807, 2.05) is 6.07 Å². The number of nitrogens with zero attached hydrogens (tertiary/aromatic N) is 3. The first-order valence-electron chi connectivity index (χ1n) is 7.18. The molecule has 3 aromatic rings. The third-order valence-corrected chi connectivity index (χ3v) is 5.43. The number of anilines is 1. The highest BCUT2D eigenvalue weighted by molar-refractivity contribution is 7.99. The number of aromatic nitrogens is 3. The minimum Gasteiger partial charge on any atom is -0.301 e. The lowest BCUT2D eigenvalue weighted by atomic mass is 10.1. The first-order valence-corrected chi connectivity index (χ1v) is 9.74. The fourth-order valence-corrected chi connectivity index (χ4v) is 3.88. The lowest BCUT2D eigenvalue weighted by molar-refractivity contribution is -0.113. The Bertz CT molecular complexity index is 874. The van der Waals surface area contributed by atoms with Crippen LogP contribution in [-0.4, -0.2) is 26.6 Å². The molecule has 0 fully saturated rings. The molecule has 1 aromatic carbocycles. The van der Waals surface area contributed by atoms with Crippen molar-refractivity contribution < 1.29 is 4.79 Å². The van der Waals surface area contributed by atoms with Crippen molar-refractivity contribution >= 4 is 57.3 Å². The monoisotopic (exact) mass is 410 g/mol. The molecule has 0 saturated carbocycles. The first-order chi connectivity index (χ1) is 12.1. The zero-order valence-electron chi connectivity index (χ0n) is 12.8. The van der Waals surface area contributed by atoms with Crippen molar-refractivity contribution in [1.29, 1.82) is 0 Å². The van der Waals surface area contributed by atoms with Crippen LogP contribution >= 0.6 is 46.3 Å². The second-order valence-corrected chi connectivity index (χ2v) is 7.81. The van der Waals surface area contributed by atoms with Gasteiger partial charge in [-0.2, -0.15) is 0 Å². The number of nitrogens with one attached hydrogen (secondary N) is 1. The maximum atomic E-state index is 12.0. The number of thioether (sulfide) groups is 1. The van der Waals surface area contributed by atoms with Crippen LogP contribution in [0.1, 0.15) is 10.4 Å². The van der Waals surface area contributed by atoms with E-state index in [-0.39, 0.29) is 11.7 Å². The maximum absolute atomic E-state index is 12.0. The zero-order chi connectivity index (χ0) is 17.6. The van der Waals surface area contributed by atoms with Gasteiger partial charge in [0.2, 0.25) is 5.91 Å². The van der Waals surface area contributed by atoms with E-state index in [1.54, 1.807) is 36.8 Å². The van der Waals surface area contributed by atoms with Gasteiger partial charge in [-0.05, 0) is 23.8 Å². The van der Waals surface area contributed by atoms with E-state index in [2.05, 4.69) is 20.3 Å². The van der Waals surface area contributed by atoms with Gasteiger partial charge in [0.15, 0.2) is 10.3 Å². The van der Waals surface area contributed by atoms with Crippen LogP contribution in [0.15, 0.2) is 48.0 Å². The van der Waals surface area contributed by atoms with Crippen LogP contribution in [0, 0.1) is 0 Å². The van der Waals surface area contributed by atoms with E-state index in [0.717, 1.165) is 10.4 Å². The molecule has 0 saturated heterocycles. The molecule has 0 aliphatic heterocycles. The number of rotatable bonds is 6. The molecule has 0 spiro atoms. The molecule has 2 aromatic heterocycles. The number of thiazole rings is 1. The van der Waals surface area contributed by atoms with Crippen molar-refractivity contribution in [3.63, 3.8) is 0 Å². The fourth-order valence-electron chi connectivity index (χ4n) is 1.95. The molecule has 5 nitrogen and oxygen atoms in total. The maximum Gasteiger partial charge on any atom is 0.236 e. The molecule has 25 heavy (non-hydrogen) atoms. The van der Waals surface area contributed by atoms with Gasteiger partial charge in [-0.1, -0.05) is 41.0 Å². The van der Waals surface area contributed by atoms with Crippen molar-refractivity contribution in [2.75, 3.05) is 11.1 Å². The number of halogens is 2. The van der Waals surface area contributed by atoms with E-state index in [1.165, 1.54) is 23.1 Å². The second kappa shape index (κ2) is 8.62. The van der Waals surface area contributed by atoms with Crippen molar-refractivity contribution in [2.45, 2.75) is 11.6 Å². The Morgan fingerprint density at radius 2 is 2.00 bits per heavy atom. The van der Waals surface area contributed by atoms with Gasteiger partial charge in [0.25, 0.3) is 0 Å². The Labute approximate surface area is 162 Å². The summed E-state index contributed by atoms with van der Waals surface area (Å²) in [6.07, 6.45) is 5.65. The van der Waals surface area contributed by atoms with Crippen LogP contribution < -0.4 is 5.32 Å². The topological polar surface area (TPSA) is 67.8 Å². The average molecular weight is 411 g/mol. The molecule has 0 aliphatic carbocycles.